The summed E-state index contributed by atoms with van der Waals surface area (Å²) in [5.74, 6) is 2.06. The Bertz CT molecular complexity index is 420. The van der Waals surface area contributed by atoms with Crippen LogP contribution in [0.3, 0.4) is 0 Å². The maximum Gasteiger partial charge on any atom is 0.232 e. The Balaban J connectivity index is 3.03. The highest BCUT2D eigenvalue weighted by Crippen LogP contribution is 2.15. The highest BCUT2D eigenvalue weighted by Gasteiger charge is 2.14. The number of nitrogens with zero attached hydrogens (tertiary/aromatic N) is 6. The van der Waals surface area contributed by atoms with Gasteiger partial charge in [0.25, 0.3) is 0 Å². The van der Waals surface area contributed by atoms with Gasteiger partial charge in [-0.15, -0.1) is 0 Å². The topological polar surface area (TPSA) is 60.4 Å². The zero-order chi connectivity index (χ0) is 15.8. The fraction of sp³-hybridized carbons (Fsp3) is 0.786. The number of nitrogens with one attached hydrogen (secondary N) is 1. The van der Waals surface area contributed by atoms with Crippen molar-refractivity contribution < 1.29 is 0 Å². The standard InChI is InChI=1S/C14H29N7/c1-7-9-21(11-10-19(3)4)14-17-12(15-8-2)16-13(18-14)20(5)6/h7-11H2,1-6H3,(H,15,16,17,18). The van der Waals surface area contributed by atoms with Crippen LogP contribution < -0.4 is 15.1 Å². The fourth-order valence-electron chi connectivity index (χ4n) is 1.83. The molecule has 0 aliphatic heterocycles. The van der Waals surface area contributed by atoms with Crippen LogP contribution in [0.25, 0.3) is 0 Å². The van der Waals surface area contributed by atoms with Gasteiger partial charge < -0.3 is 20.0 Å². The number of likely N-dealkylation sites (N-methyl/N-ethyl adjacent to an activating group) is 1. The smallest absolute Gasteiger partial charge is 0.232 e. The van der Waals surface area contributed by atoms with Crippen molar-refractivity contribution in [1.82, 2.24) is 19.9 Å². The van der Waals surface area contributed by atoms with Crippen molar-refractivity contribution in [2.24, 2.45) is 0 Å². The molecule has 1 heterocycles. The lowest BCUT2D eigenvalue weighted by molar-refractivity contribution is 0.411. The van der Waals surface area contributed by atoms with Gasteiger partial charge in [-0.25, -0.2) is 0 Å². The minimum Gasteiger partial charge on any atom is -0.354 e. The lowest BCUT2D eigenvalue weighted by Crippen LogP contribution is -2.34. The van der Waals surface area contributed by atoms with Crippen LogP contribution in [0.2, 0.25) is 0 Å². The molecule has 0 amide bonds. The van der Waals surface area contributed by atoms with Crippen LogP contribution in [0.4, 0.5) is 17.8 Å². The number of rotatable bonds is 9. The lowest BCUT2D eigenvalue weighted by Gasteiger charge is -2.25. The van der Waals surface area contributed by atoms with E-state index >= 15 is 0 Å². The van der Waals surface area contributed by atoms with Crippen LogP contribution >= 0.6 is 0 Å². The third kappa shape index (κ3) is 5.71. The van der Waals surface area contributed by atoms with Crippen LogP contribution in [-0.4, -0.2) is 74.2 Å². The molecule has 0 saturated carbocycles. The average Bonchev–Trinajstić information content (AvgIpc) is 2.43. The van der Waals surface area contributed by atoms with E-state index in [1.165, 1.54) is 0 Å². The molecule has 1 N–H and O–H groups in total. The van der Waals surface area contributed by atoms with Crippen molar-refractivity contribution in [3.8, 4) is 0 Å². The van der Waals surface area contributed by atoms with Gasteiger partial charge in [0.2, 0.25) is 17.8 Å². The first-order chi connectivity index (χ1) is 9.97. The van der Waals surface area contributed by atoms with Crippen molar-refractivity contribution in [1.29, 1.82) is 0 Å². The lowest BCUT2D eigenvalue weighted by atomic mass is 10.4. The van der Waals surface area contributed by atoms with E-state index in [1.807, 2.05) is 25.9 Å². The van der Waals surface area contributed by atoms with Crippen molar-refractivity contribution in [3.63, 3.8) is 0 Å². The quantitative estimate of drug-likeness (QED) is 0.733. The summed E-state index contributed by atoms with van der Waals surface area (Å²) in [7, 11) is 8.04. The third-order valence-corrected chi connectivity index (χ3v) is 2.94. The first-order valence-corrected chi connectivity index (χ1v) is 7.54. The molecule has 7 heteroatoms. The molecule has 0 saturated heterocycles. The zero-order valence-corrected chi connectivity index (χ0v) is 14.2. The van der Waals surface area contributed by atoms with Gasteiger partial charge in [0.1, 0.15) is 0 Å². The predicted molar refractivity (Wildman–Crippen MR) is 89.4 cm³/mol. The number of anilines is 3. The minimum absolute atomic E-state index is 0.636. The van der Waals surface area contributed by atoms with Gasteiger partial charge >= 0.3 is 0 Å². The first kappa shape index (κ1) is 17.4. The second-order valence-electron chi connectivity index (χ2n) is 5.47. The Morgan fingerprint density at radius 2 is 1.52 bits per heavy atom. The van der Waals surface area contributed by atoms with Gasteiger partial charge in [-0.1, -0.05) is 6.92 Å². The Morgan fingerprint density at radius 1 is 0.857 bits per heavy atom. The molecule has 0 unspecified atom stereocenters. The van der Waals surface area contributed by atoms with Crippen molar-refractivity contribution >= 4 is 17.8 Å². The van der Waals surface area contributed by atoms with E-state index in [1.54, 1.807) is 0 Å². The van der Waals surface area contributed by atoms with Crippen molar-refractivity contribution in [3.05, 3.63) is 0 Å². The molecule has 120 valence electrons. The maximum absolute atomic E-state index is 4.58. The van der Waals surface area contributed by atoms with E-state index in [0.29, 0.717) is 11.9 Å². The molecule has 0 aromatic carbocycles. The van der Waals surface area contributed by atoms with Gasteiger partial charge in [0.05, 0.1) is 0 Å². The van der Waals surface area contributed by atoms with E-state index in [0.717, 1.165) is 38.5 Å². The van der Waals surface area contributed by atoms with E-state index in [2.05, 4.69) is 51.1 Å². The largest absolute Gasteiger partial charge is 0.354 e. The SMILES string of the molecule is CCCN(CCN(C)C)c1nc(NCC)nc(N(C)C)n1. The summed E-state index contributed by atoms with van der Waals surface area (Å²) in [5, 5.41) is 3.18. The van der Waals surface area contributed by atoms with Crippen LogP contribution in [0.1, 0.15) is 20.3 Å². The molecule has 0 aliphatic rings. The molecule has 21 heavy (non-hydrogen) atoms. The molecular formula is C14H29N7. The Hall–Kier alpha value is -1.63. The normalized spacial score (nSPS) is 10.8. The third-order valence-electron chi connectivity index (χ3n) is 2.94. The summed E-state index contributed by atoms with van der Waals surface area (Å²) in [4.78, 5) is 19.8. The minimum atomic E-state index is 0.636. The molecule has 0 bridgehead atoms. The monoisotopic (exact) mass is 295 g/mol. The molecule has 1 rings (SSSR count). The Morgan fingerprint density at radius 3 is 2.05 bits per heavy atom. The second kappa shape index (κ2) is 8.61. The van der Waals surface area contributed by atoms with E-state index < -0.39 is 0 Å². The van der Waals surface area contributed by atoms with Gasteiger partial charge in [-0.05, 0) is 27.4 Å². The summed E-state index contributed by atoms with van der Waals surface area (Å²) in [6, 6.07) is 0. The van der Waals surface area contributed by atoms with Gasteiger partial charge in [0.15, 0.2) is 0 Å². The molecule has 1 aromatic heterocycles. The number of aromatic nitrogens is 3. The molecule has 1 aromatic rings. The molecule has 0 atom stereocenters. The first-order valence-electron chi connectivity index (χ1n) is 7.54. The highest BCUT2D eigenvalue weighted by atomic mass is 15.4. The molecule has 0 spiro atoms. The van der Waals surface area contributed by atoms with Crippen LogP contribution in [0, 0.1) is 0 Å². The zero-order valence-electron chi connectivity index (χ0n) is 14.2. The van der Waals surface area contributed by atoms with Gasteiger partial charge in [-0.3, -0.25) is 0 Å². The van der Waals surface area contributed by atoms with E-state index in [4.69, 9.17) is 0 Å². The van der Waals surface area contributed by atoms with Crippen molar-refractivity contribution in [2.75, 3.05) is 69.5 Å². The summed E-state index contributed by atoms with van der Waals surface area (Å²) in [6.45, 7) is 7.82. The fourth-order valence-corrected chi connectivity index (χ4v) is 1.83. The molecule has 0 fully saturated rings. The summed E-state index contributed by atoms with van der Waals surface area (Å²) < 4.78 is 0. The molecule has 0 aliphatic carbocycles. The van der Waals surface area contributed by atoms with Crippen LogP contribution in [0.5, 0.6) is 0 Å². The van der Waals surface area contributed by atoms with E-state index in [-0.39, 0.29) is 0 Å². The van der Waals surface area contributed by atoms with Crippen molar-refractivity contribution in [2.45, 2.75) is 20.3 Å². The Labute approximate surface area is 128 Å². The van der Waals surface area contributed by atoms with E-state index in [9.17, 15) is 0 Å². The number of hydrogen-bond donors (Lipinski definition) is 1. The van der Waals surface area contributed by atoms with Gasteiger partial charge in [0, 0.05) is 40.3 Å². The second-order valence-corrected chi connectivity index (χ2v) is 5.47. The Kier molecular flexibility index (Phi) is 7.14. The summed E-state index contributed by atoms with van der Waals surface area (Å²) in [5.41, 5.74) is 0. The van der Waals surface area contributed by atoms with Crippen LogP contribution in [-0.2, 0) is 0 Å². The molecule has 0 radical (unpaired) electrons. The maximum atomic E-state index is 4.58. The highest BCUT2D eigenvalue weighted by molar-refractivity contribution is 5.44. The predicted octanol–water partition coefficient (Wildman–Crippen LogP) is 1.15. The van der Waals surface area contributed by atoms with Gasteiger partial charge in [-0.2, -0.15) is 15.0 Å². The summed E-state index contributed by atoms with van der Waals surface area (Å²) >= 11 is 0. The molecular weight excluding hydrogens is 266 g/mol. The van der Waals surface area contributed by atoms with Crippen LogP contribution in [0.15, 0.2) is 0 Å². The molecule has 7 nitrogen and oxygen atoms in total. The number of hydrogen-bond acceptors (Lipinski definition) is 7. The average molecular weight is 295 g/mol. The summed E-state index contributed by atoms with van der Waals surface area (Å²) in [6.07, 6.45) is 1.06.